The Morgan fingerprint density at radius 1 is 0.939 bits per heavy atom. The van der Waals surface area contributed by atoms with Crippen molar-refractivity contribution in [2.45, 2.75) is 20.4 Å². The molecule has 0 bridgehead atoms. The number of halogens is 1. The quantitative estimate of drug-likeness (QED) is 0.436. The number of hydrogen-bond donors (Lipinski definition) is 2. The second-order valence-electron chi connectivity index (χ2n) is 7.55. The number of para-hydroxylation sites is 1. The maximum Gasteiger partial charge on any atom is 0.291 e. The average molecular weight is 460 g/mol. The fourth-order valence-electron chi connectivity index (χ4n) is 3.27. The molecule has 0 spiro atoms. The van der Waals surface area contributed by atoms with Crippen LogP contribution in [0.2, 0.25) is 5.02 Å². The summed E-state index contributed by atoms with van der Waals surface area (Å²) in [5.74, 6) is 0.00397. The van der Waals surface area contributed by atoms with Crippen LogP contribution in [0.5, 0.6) is 0 Å². The number of nitrogens with one attached hydrogen (secondary N) is 2. The summed E-state index contributed by atoms with van der Waals surface area (Å²) in [5.41, 5.74) is 3.79. The summed E-state index contributed by atoms with van der Waals surface area (Å²) in [5, 5.41) is 10.5. The van der Waals surface area contributed by atoms with E-state index in [9.17, 15) is 9.59 Å². The van der Waals surface area contributed by atoms with Crippen LogP contribution in [0, 0.1) is 13.8 Å². The van der Waals surface area contributed by atoms with Crippen LogP contribution < -0.4 is 10.6 Å². The number of carbonyl (C=O) groups is 2. The smallest absolute Gasteiger partial charge is 0.291 e. The summed E-state index contributed by atoms with van der Waals surface area (Å²) >= 11 is 6.24. The standard InChI is InChI=1S/C25H22ClN5O2/c1-16-10-12-19(13-11-16)24(32)29-20-7-5-6-18(14-20)15-27-25(33)23-28-17(2)31(30-23)22-9-4-3-8-21(22)26/h3-14H,15H2,1-2H3,(H,27,33)(H,29,32). The first-order valence-corrected chi connectivity index (χ1v) is 10.7. The summed E-state index contributed by atoms with van der Waals surface area (Å²) in [6.07, 6.45) is 0. The fraction of sp³-hybridized carbons (Fsp3) is 0.120. The van der Waals surface area contributed by atoms with Gasteiger partial charge in [0, 0.05) is 17.8 Å². The maximum atomic E-state index is 12.6. The minimum atomic E-state index is -0.405. The van der Waals surface area contributed by atoms with Crippen molar-refractivity contribution in [2.75, 3.05) is 5.32 Å². The highest BCUT2D eigenvalue weighted by molar-refractivity contribution is 6.32. The van der Waals surface area contributed by atoms with E-state index in [1.54, 1.807) is 35.9 Å². The Bertz CT molecular complexity index is 1310. The van der Waals surface area contributed by atoms with Gasteiger partial charge in [-0.1, -0.05) is 53.6 Å². The highest BCUT2D eigenvalue weighted by atomic mass is 35.5. The van der Waals surface area contributed by atoms with E-state index in [0.717, 1.165) is 11.1 Å². The molecule has 33 heavy (non-hydrogen) atoms. The van der Waals surface area contributed by atoms with Crippen LogP contribution in [-0.4, -0.2) is 26.6 Å². The van der Waals surface area contributed by atoms with E-state index in [0.29, 0.717) is 27.8 Å². The summed E-state index contributed by atoms with van der Waals surface area (Å²) in [6, 6.07) is 21.9. The maximum absolute atomic E-state index is 12.6. The molecule has 0 saturated heterocycles. The van der Waals surface area contributed by atoms with Crippen LogP contribution in [0.15, 0.2) is 72.8 Å². The number of anilines is 1. The topological polar surface area (TPSA) is 88.9 Å². The van der Waals surface area contributed by atoms with E-state index < -0.39 is 5.91 Å². The van der Waals surface area contributed by atoms with Crippen molar-refractivity contribution in [3.63, 3.8) is 0 Å². The number of carbonyl (C=O) groups excluding carboxylic acids is 2. The third-order valence-corrected chi connectivity index (χ3v) is 5.32. The number of amides is 2. The molecule has 3 aromatic carbocycles. The SMILES string of the molecule is Cc1ccc(C(=O)Nc2cccc(CNC(=O)c3nc(C)n(-c4ccccc4Cl)n3)c2)cc1. The van der Waals surface area contributed by atoms with Crippen LogP contribution >= 0.6 is 11.6 Å². The van der Waals surface area contributed by atoms with Crippen molar-refractivity contribution in [1.29, 1.82) is 0 Å². The first-order valence-electron chi connectivity index (χ1n) is 10.3. The lowest BCUT2D eigenvalue weighted by Crippen LogP contribution is -2.24. The number of benzene rings is 3. The van der Waals surface area contributed by atoms with Crippen molar-refractivity contribution in [3.05, 3.63) is 106 Å². The minimum Gasteiger partial charge on any atom is -0.345 e. The fourth-order valence-corrected chi connectivity index (χ4v) is 3.48. The second-order valence-corrected chi connectivity index (χ2v) is 7.96. The van der Waals surface area contributed by atoms with Crippen LogP contribution in [0.1, 0.15) is 37.9 Å². The second kappa shape index (κ2) is 9.67. The minimum absolute atomic E-state index is 0.0521. The Morgan fingerprint density at radius 3 is 2.45 bits per heavy atom. The highest BCUT2D eigenvalue weighted by Crippen LogP contribution is 2.20. The molecular formula is C25H22ClN5O2. The molecule has 2 N–H and O–H groups in total. The highest BCUT2D eigenvalue weighted by Gasteiger charge is 2.16. The molecule has 4 rings (SSSR count). The number of rotatable bonds is 6. The van der Waals surface area contributed by atoms with Gasteiger partial charge in [0.1, 0.15) is 5.82 Å². The zero-order valence-corrected chi connectivity index (χ0v) is 18.9. The van der Waals surface area contributed by atoms with E-state index in [-0.39, 0.29) is 18.3 Å². The Hall–Kier alpha value is -3.97. The summed E-state index contributed by atoms with van der Waals surface area (Å²) < 4.78 is 1.54. The number of aromatic nitrogens is 3. The normalized spacial score (nSPS) is 10.6. The molecule has 4 aromatic rings. The Morgan fingerprint density at radius 2 is 1.70 bits per heavy atom. The first kappa shape index (κ1) is 22.2. The average Bonchev–Trinajstić information content (AvgIpc) is 3.20. The lowest BCUT2D eigenvalue weighted by Gasteiger charge is -2.08. The largest absolute Gasteiger partial charge is 0.345 e. The van der Waals surface area contributed by atoms with Gasteiger partial charge in [-0.2, -0.15) is 0 Å². The first-order chi connectivity index (χ1) is 15.9. The molecule has 0 aliphatic carbocycles. The molecule has 0 radical (unpaired) electrons. The van der Waals surface area contributed by atoms with Crippen molar-refractivity contribution in [2.24, 2.45) is 0 Å². The van der Waals surface area contributed by atoms with Gasteiger partial charge in [-0.3, -0.25) is 9.59 Å². The predicted octanol–water partition coefficient (Wildman–Crippen LogP) is 4.72. The Labute approximate surface area is 196 Å². The van der Waals surface area contributed by atoms with E-state index in [4.69, 9.17) is 11.6 Å². The molecule has 0 unspecified atom stereocenters. The zero-order valence-electron chi connectivity index (χ0n) is 18.2. The van der Waals surface area contributed by atoms with Crippen molar-refractivity contribution in [3.8, 4) is 5.69 Å². The molecule has 2 amide bonds. The van der Waals surface area contributed by atoms with Gasteiger partial charge in [0.25, 0.3) is 11.8 Å². The van der Waals surface area contributed by atoms with Gasteiger partial charge >= 0.3 is 0 Å². The van der Waals surface area contributed by atoms with Crippen molar-refractivity contribution in [1.82, 2.24) is 20.1 Å². The third-order valence-electron chi connectivity index (χ3n) is 5.00. The third kappa shape index (κ3) is 5.27. The number of nitrogens with zero attached hydrogens (tertiary/aromatic N) is 3. The molecule has 0 fully saturated rings. The Balaban J connectivity index is 1.41. The Kier molecular flexibility index (Phi) is 6.51. The molecule has 0 aliphatic rings. The van der Waals surface area contributed by atoms with E-state index >= 15 is 0 Å². The van der Waals surface area contributed by atoms with Gasteiger partial charge in [0.05, 0.1) is 10.7 Å². The van der Waals surface area contributed by atoms with Gasteiger partial charge in [-0.25, -0.2) is 9.67 Å². The molecule has 8 heteroatoms. The zero-order chi connectivity index (χ0) is 23.4. The van der Waals surface area contributed by atoms with Crippen molar-refractivity contribution < 1.29 is 9.59 Å². The molecule has 0 aliphatic heterocycles. The lowest BCUT2D eigenvalue weighted by molar-refractivity contribution is 0.0939. The van der Waals surface area contributed by atoms with E-state index in [1.165, 1.54) is 0 Å². The summed E-state index contributed by atoms with van der Waals surface area (Å²) in [4.78, 5) is 29.3. The van der Waals surface area contributed by atoms with Crippen LogP contribution in [0.25, 0.3) is 5.69 Å². The monoisotopic (exact) mass is 459 g/mol. The predicted molar refractivity (Wildman–Crippen MR) is 128 cm³/mol. The number of hydrogen-bond acceptors (Lipinski definition) is 4. The van der Waals surface area contributed by atoms with Crippen LogP contribution in [-0.2, 0) is 6.54 Å². The molecular weight excluding hydrogens is 438 g/mol. The number of aryl methyl sites for hydroxylation is 2. The molecule has 0 atom stereocenters. The van der Waals surface area contributed by atoms with Crippen molar-refractivity contribution >= 4 is 29.1 Å². The molecule has 0 saturated carbocycles. The summed E-state index contributed by atoms with van der Waals surface area (Å²) in [7, 11) is 0. The van der Waals surface area contributed by atoms with Gasteiger partial charge < -0.3 is 10.6 Å². The lowest BCUT2D eigenvalue weighted by atomic mass is 10.1. The van der Waals surface area contributed by atoms with Crippen LogP contribution in [0.4, 0.5) is 5.69 Å². The molecule has 1 aromatic heterocycles. The molecule has 166 valence electrons. The molecule has 7 nitrogen and oxygen atoms in total. The van der Waals surface area contributed by atoms with E-state index in [2.05, 4.69) is 20.7 Å². The molecule has 1 heterocycles. The van der Waals surface area contributed by atoms with Gasteiger partial charge in [-0.15, -0.1) is 5.10 Å². The van der Waals surface area contributed by atoms with E-state index in [1.807, 2.05) is 55.5 Å². The van der Waals surface area contributed by atoms with Gasteiger partial charge in [0.2, 0.25) is 5.82 Å². The van der Waals surface area contributed by atoms with Crippen LogP contribution in [0.3, 0.4) is 0 Å². The summed E-state index contributed by atoms with van der Waals surface area (Å²) in [6.45, 7) is 3.98. The van der Waals surface area contributed by atoms with Gasteiger partial charge in [0.15, 0.2) is 0 Å². The van der Waals surface area contributed by atoms with Gasteiger partial charge in [-0.05, 0) is 55.8 Å².